The topological polar surface area (TPSA) is 86.4 Å². The van der Waals surface area contributed by atoms with Crippen molar-refractivity contribution in [2.45, 2.75) is 6.42 Å². The Morgan fingerprint density at radius 3 is 2.54 bits per heavy atom. The minimum atomic E-state index is -0.247. The summed E-state index contributed by atoms with van der Waals surface area (Å²) in [5.74, 6) is -0.444. The van der Waals surface area contributed by atoms with Crippen LogP contribution in [0.1, 0.15) is 12.0 Å². The molecule has 0 spiro atoms. The van der Waals surface area contributed by atoms with E-state index in [-0.39, 0.29) is 24.8 Å². The molecule has 6 nitrogen and oxygen atoms in total. The zero-order valence-corrected chi connectivity index (χ0v) is 16.3. The lowest BCUT2D eigenvalue weighted by atomic mass is 10.3. The van der Waals surface area contributed by atoms with Crippen molar-refractivity contribution in [3.8, 4) is 6.07 Å². The number of hydrogen-bond donors (Lipinski definition) is 3. The summed E-state index contributed by atoms with van der Waals surface area (Å²) in [5, 5.41) is 17.4. The van der Waals surface area contributed by atoms with Gasteiger partial charge in [0.2, 0.25) is 5.91 Å². The van der Waals surface area contributed by atoms with Gasteiger partial charge >= 0.3 is 0 Å². The van der Waals surface area contributed by atoms with E-state index >= 15 is 0 Å². The third-order valence-electron chi connectivity index (χ3n) is 3.51. The van der Waals surface area contributed by atoms with Crippen LogP contribution in [0.3, 0.4) is 0 Å². The van der Waals surface area contributed by atoms with Crippen molar-refractivity contribution < 1.29 is 14.5 Å². The Bertz CT molecular complexity index is 827. The first-order valence-electron chi connectivity index (χ1n) is 7.73. The Balaban J connectivity index is 1.79. The van der Waals surface area contributed by atoms with Gasteiger partial charge < -0.3 is 15.5 Å². The molecule has 1 heterocycles. The van der Waals surface area contributed by atoms with Gasteiger partial charge in [-0.2, -0.15) is 5.26 Å². The van der Waals surface area contributed by atoms with Crippen LogP contribution in [0.15, 0.2) is 29.6 Å². The molecule has 0 fully saturated rings. The number of halogens is 2. The summed E-state index contributed by atoms with van der Waals surface area (Å²) in [4.78, 5) is 25.0. The highest BCUT2D eigenvalue weighted by atomic mass is 35.5. The van der Waals surface area contributed by atoms with Gasteiger partial charge in [-0.25, -0.2) is 0 Å². The maximum Gasteiger partial charge on any atom is 0.279 e. The molecule has 0 radical (unpaired) electrons. The zero-order valence-electron chi connectivity index (χ0n) is 13.9. The third-order valence-corrected chi connectivity index (χ3v) is 4.97. The third kappa shape index (κ3) is 5.71. The van der Waals surface area contributed by atoms with E-state index in [9.17, 15) is 9.59 Å². The first kappa shape index (κ1) is 20.2. The summed E-state index contributed by atoms with van der Waals surface area (Å²) in [7, 11) is 1.81. The van der Waals surface area contributed by atoms with Gasteiger partial charge in [0.25, 0.3) is 5.91 Å². The highest BCUT2D eigenvalue weighted by Crippen LogP contribution is 2.29. The van der Waals surface area contributed by atoms with Gasteiger partial charge in [0.1, 0.15) is 11.1 Å². The summed E-state index contributed by atoms with van der Waals surface area (Å²) in [6, 6.07) is 8.66. The molecular formula is C17H17Cl2N4O2S+. The van der Waals surface area contributed by atoms with Crippen LogP contribution in [0.5, 0.6) is 0 Å². The molecule has 2 rings (SSSR count). The molecule has 26 heavy (non-hydrogen) atoms. The normalized spacial score (nSPS) is 11.5. The van der Waals surface area contributed by atoms with Crippen LogP contribution < -0.4 is 15.5 Å². The predicted molar refractivity (Wildman–Crippen MR) is 104 cm³/mol. The van der Waals surface area contributed by atoms with Crippen molar-refractivity contribution in [1.82, 2.24) is 0 Å². The van der Waals surface area contributed by atoms with Gasteiger partial charge in [-0.3, -0.25) is 9.59 Å². The highest BCUT2D eigenvalue weighted by Gasteiger charge is 2.15. The standard InChI is InChI=1S/C17H16Cl2N4O2S/c1-23(7-5-14(24)22-17-11(9-20)6-8-26-17)10-15(25)21-16-12(18)3-2-4-13(16)19/h2-4,6,8H,5,7,10H2,1H3,(H,21,25)(H,22,24)/p+1. The van der Waals surface area contributed by atoms with E-state index in [1.807, 2.05) is 13.1 Å². The average Bonchev–Trinajstić information content (AvgIpc) is 3.03. The van der Waals surface area contributed by atoms with E-state index in [2.05, 4.69) is 10.6 Å². The van der Waals surface area contributed by atoms with Crippen LogP contribution in [0.4, 0.5) is 10.7 Å². The Labute approximate surface area is 165 Å². The lowest BCUT2D eigenvalue weighted by molar-refractivity contribution is -0.870. The van der Waals surface area contributed by atoms with E-state index in [1.165, 1.54) is 11.3 Å². The van der Waals surface area contributed by atoms with Gasteiger partial charge in [-0.05, 0) is 23.6 Å². The van der Waals surface area contributed by atoms with Gasteiger partial charge in [0.05, 0.1) is 41.3 Å². The van der Waals surface area contributed by atoms with Crippen molar-refractivity contribution in [2.24, 2.45) is 0 Å². The Kier molecular flexibility index (Phi) is 7.42. The lowest BCUT2D eigenvalue weighted by Gasteiger charge is -2.14. The molecule has 1 atom stereocenters. The molecule has 0 saturated heterocycles. The van der Waals surface area contributed by atoms with E-state index in [0.29, 0.717) is 32.8 Å². The molecule has 0 saturated carbocycles. The van der Waals surface area contributed by atoms with Crippen molar-refractivity contribution in [3.63, 3.8) is 0 Å². The number of amides is 2. The highest BCUT2D eigenvalue weighted by molar-refractivity contribution is 7.14. The van der Waals surface area contributed by atoms with Crippen molar-refractivity contribution in [2.75, 3.05) is 30.8 Å². The van der Waals surface area contributed by atoms with Gasteiger partial charge in [-0.1, -0.05) is 29.3 Å². The predicted octanol–water partition coefficient (Wildman–Crippen LogP) is 2.41. The maximum atomic E-state index is 12.1. The Morgan fingerprint density at radius 2 is 1.88 bits per heavy atom. The minimum absolute atomic E-state index is 0.164. The summed E-state index contributed by atoms with van der Waals surface area (Å²) >= 11 is 13.3. The van der Waals surface area contributed by atoms with Crippen LogP contribution in [-0.4, -0.2) is 32.0 Å². The molecule has 2 amide bonds. The number of benzene rings is 1. The lowest BCUT2D eigenvalue weighted by Crippen LogP contribution is -3.10. The monoisotopic (exact) mass is 411 g/mol. The van der Waals surface area contributed by atoms with Crippen molar-refractivity contribution >= 4 is 57.0 Å². The molecule has 1 aromatic heterocycles. The number of carbonyl (C=O) groups is 2. The van der Waals surface area contributed by atoms with Gasteiger partial charge in [-0.15, -0.1) is 11.3 Å². The molecule has 1 unspecified atom stereocenters. The molecule has 0 aliphatic rings. The first-order chi connectivity index (χ1) is 12.4. The van der Waals surface area contributed by atoms with Gasteiger partial charge in [0.15, 0.2) is 6.54 Å². The number of nitriles is 1. The molecule has 136 valence electrons. The van der Waals surface area contributed by atoms with E-state index in [0.717, 1.165) is 4.90 Å². The fourth-order valence-electron chi connectivity index (χ4n) is 2.17. The SMILES string of the molecule is C[NH+](CCC(=O)Nc1sccc1C#N)CC(=O)Nc1c(Cl)cccc1Cl. The van der Waals surface area contributed by atoms with E-state index in [4.69, 9.17) is 28.5 Å². The number of quaternary nitrogens is 1. The van der Waals surface area contributed by atoms with Crippen LogP contribution in [0, 0.1) is 11.3 Å². The van der Waals surface area contributed by atoms with Crippen LogP contribution >= 0.6 is 34.5 Å². The number of para-hydroxylation sites is 1. The summed E-state index contributed by atoms with van der Waals surface area (Å²) in [6.45, 7) is 0.625. The number of nitrogens with one attached hydrogen (secondary N) is 3. The number of nitrogens with zero attached hydrogens (tertiary/aromatic N) is 1. The van der Waals surface area contributed by atoms with Crippen LogP contribution in [0.25, 0.3) is 0 Å². The second kappa shape index (κ2) is 9.55. The molecule has 0 aliphatic carbocycles. The quantitative estimate of drug-likeness (QED) is 0.653. The molecule has 0 aliphatic heterocycles. The zero-order chi connectivity index (χ0) is 19.1. The minimum Gasteiger partial charge on any atom is -0.329 e. The van der Waals surface area contributed by atoms with Crippen molar-refractivity contribution in [1.29, 1.82) is 5.26 Å². The van der Waals surface area contributed by atoms with Crippen LogP contribution in [-0.2, 0) is 9.59 Å². The number of anilines is 2. The average molecular weight is 412 g/mol. The number of thiophene rings is 1. The second-order valence-corrected chi connectivity index (χ2v) is 7.33. The van der Waals surface area contributed by atoms with E-state index in [1.54, 1.807) is 29.6 Å². The molecule has 9 heteroatoms. The van der Waals surface area contributed by atoms with Gasteiger partial charge in [0, 0.05) is 0 Å². The summed E-state index contributed by atoms with van der Waals surface area (Å²) in [6.07, 6.45) is 0.231. The number of likely N-dealkylation sites (N-methyl/N-ethyl adjacent to an activating group) is 1. The van der Waals surface area contributed by atoms with E-state index < -0.39 is 0 Å². The van der Waals surface area contributed by atoms with Crippen molar-refractivity contribution in [3.05, 3.63) is 45.3 Å². The Hall–Kier alpha value is -2.11. The molecule has 3 N–H and O–H groups in total. The molecule has 1 aromatic carbocycles. The fraction of sp³-hybridized carbons (Fsp3) is 0.235. The largest absolute Gasteiger partial charge is 0.329 e. The summed E-state index contributed by atoms with van der Waals surface area (Å²) in [5.41, 5.74) is 0.827. The smallest absolute Gasteiger partial charge is 0.279 e. The number of carbonyl (C=O) groups excluding carboxylic acids is 2. The molecule has 2 aromatic rings. The molecule has 0 bridgehead atoms. The van der Waals surface area contributed by atoms with Crippen LogP contribution in [0.2, 0.25) is 10.0 Å². The molecular weight excluding hydrogens is 395 g/mol. The first-order valence-corrected chi connectivity index (χ1v) is 9.37. The summed E-state index contributed by atoms with van der Waals surface area (Å²) < 4.78 is 0. The second-order valence-electron chi connectivity index (χ2n) is 5.60. The number of rotatable bonds is 7. The fourth-order valence-corrected chi connectivity index (χ4v) is 3.42. The Morgan fingerprint density at radius 1 is 1.19 bits per heavy atom. The number of hydrogen-bond acceptors (Lipinski definition) is 4. The maximum absolute atomic E-state index is 12.1.